The summed E-state index contributed by atoms with van der Waals surface area (Å²) in [5.41, 5.74) is 10.1. The van der Waals surface area contributed by atoms with Gasteiger partial charge in [-0.3, -0.25) is 11.3 Å². The van der Waals surface area contributed by atoms with Crippen molar-refractivity contribution in [2.45, 2.75) is 12.5 Å². The van der Waals surface area contributed by atoms with Crippen LogP contribution in [-0.4, -0.2) is 4.98 Å². The van der Waals surface area contributed by atoms with Crippen molar-refractivity contribution in [2.24, 2.45) is 5.84 Å². The van der Waals surface area contributed by atoms with Crippen molar-refractivity contribution in [2.75, 3.05) is 5.73 Å². The zero-order valence-corrected chi connectivity index (χ0v) is 11.7. The lowest BCUT2D eigenvalue weighted by Gasteiger charge is -2.17. The van der Waals surface area contributed by atoms with E-state index in [9.17, 15) is 4.39 Å². The van der Waals surface area contributed by atoms with Crippen LogP contribution in [0.2, 0.25) is 0 Å². The Balaban J connectivity index is 2.24. The summed E-state index contributed by atoms with van der Waals surface area (Å²) in [5.74, 6) is 5.70. The summed E-state index contributed by atoms with van der Waals surface area (Å²) in [4.78, 5) is 3.93. The molecular weight excluding hydrogens is 311 g/mol. The monoisotopic (exact) mass is 324 g/mol. The molecule has 2 rings (SSSR count). The van der Waals surface area contributed by atoms with Crippen molar-refractivity contribution in [1.29, 1.82) is 0 Å². The molecule has 0 saturated heterocycles. The first kappa shape index (κ1) is 13.9. The number of hydrazine groups is 1. The summed E-state index contributed by atoms with van der Waals surface area (Å²) in [6, 6.07) is 8.13. The predicted octanol–water partition coefficient (Wildman–Crippen LogP) is 2.31. The molecule has 0 fully saturated rings. The molecule has 0 amide bonds. The zero-order valence-electron chi connectivity index (χ0n) is 10.1. The Morgan fingerprint density at radius 3 is 2.74 bits per heavy atom. The van der Waals surface area contributed by atoms with E-state index in [1.165, 1.54) is 12.1 Å². The van der Waals surface area contributed by atoms with Gasteiger partial charge in [-0.15, -0.1) is 0 Å². The Bertz CT molecular complexity index is 556. The number of anilines is 1. The number of rotatable bonds is 4. The van der Waals surface area contributed by atoms with E-state index in [4.69, 9.17) is 11.6 Å². The minimum absolute atomic E-state index is 0.200. The lowest BCUT2D eigenvalue weighted by molar-refractivity contribution is 0.544. The standard InChI is InChI=1S/C13H14BrFN4/c14-10-5-9(6-11(15)7-10)12(19-17)3-8-1-2-18-13(16)4-8/h1-2,4-7,12,19H,3,17H2,(H2,16,18). The molecule has 1 aromatic heterocycles. The van der Waals surface area contributed by atoms with Crippen molar-refractivity contribution in [3.05, 3.63) is 57.9 Å². The van der Waals surface area contributed by atoms with Gasteiger partial charge in [0.25, 0.3) is 0 Å². The maximum absolute atomic E-state index is 13.4. The number of nitrogens with one attached hydrogen (secondary N) is 1. The lowest BCUT2D eigenvalue weighted by Crippen LogP contribution is -2.29. The zero-order chi connectivity index (χ0) is 13.8. The number of nitrogens with two attached hydrogens (primary N) is 2. The van der Waals surface area contributed by atoms with Crippen molar-refractivity contribution in [3.8, 4) is 0 Å². The van der Waals surface area contributed by atoms with Crippen LogP contribution in [-0.2, 0) is 6.42 Å². The summed E-state index contributed by atoms with van der Waals surface area (Å²) in [6.45, 7) is 0. The summed E-state index contributed by atoms with van der Waals surface area (Å²) >= 11 is 3.27. The number of nitrogens with zero attached hydrogens (tertiary/aromatic N) is 1. The van der Waals surface area contributed by atoms with Gasteiger partial charge in [0.1, 0.15) is 11.6 Å². The van der Waals surface area contributed by atoms with Crippen LogP contribution in [0, 0.1) is 5.82 Å². The van der Waals surface area contributed by atoms with E-state index in [1.807, 2.05) is 12.1 Å². The smallest absolute Gasteiger partial charge is 0.124 e. The largest absolute Gasteiger partial charge is 0.384 e. The SMILES string of the molecule is NNC(Cc1ccnc(N)c1)c1cc(F)cc(Br)c1. The van der Waals surface area contributed by atoms with E-state index >= 15 is 0 Å². The van der Waals surface area contributed by atoms with E-state index in [0.717, 1.165) is 11.1 Å². The summed E-state index contributed by atoms with van der Waals surface area (Å²) < 4.78 is 14.1. The van der Waals surface area contributed by atoms with E-state index in [2.05, 4.69) is 26.3 Å². The Labute approximate surface area is 119 Å². The molecule has 0 spiro atoms. The average molecular weight is 325 g/mol. The molecule has 2 aromatic rings. The van der Waals surface area contributed by atoms with Gasteiger partial charge in [0.2, 0.25) is 0 Å². The summed E-state index contributed by atoms with van der Waals surface area (Å²) in [5, 5.41) is 0. The van der Waals surface area contributed by atoms with Gasteiger partial charge in [-0.05, 0) is 47.9 Å². The minimum Gasteiger partial charge on any atom is -0.384 e. The van der Waals surface area contributed by atoms with E-state index in [0.29, 0.717) is 16.7 Å². The highest BCUT2D eigenvalue weighted by molar-refractivity contribution is 9.10. The van der Waals surface area contributed by atoms with Crippen molar-refractivity contribution < 1.29 is 4.39 Å². The second-order valence-electron chi connectivity index (χ2n) is 4.22. The van der Waals surface area contributed by atoms with Crippen LogP contribution in [0.1, 0.15) is 17.2 Å². The van der Waals surface area contributed by atoms with Crippen LogP contribution in [0.15, 0.2) is 41.0 Å². The minimum atomic E-state index is -0.307. The van der Waals surface area contributed by atoms with Crippen molar-refractivity contribution >= 4 is 21.7 Å². The summed E-state index contributed by atoms with van der Waals surface area (Å²) in [6.07, 6.45) is 2.23. The lowest BCUT2D eigenvalue weighted by atomic mass is 10.00. The van der Waals surface area contributed by atoms with Gasteiger partial charge in [0.05, 0.1) is 6.04 Å². The average Bonchev–Trinajstić information content (AvgIpc) is 2.34. The molecule has 0 aliphatic rings. The molecule has 1 aromatic carbocycles. The number of nitrogen functional groups attached to an aromatic ring is 1. The van der Waals surface area contributed by atoms with Crippen LogP contribution in [0.25, 0.3) is 0 Å². The Hall–Kier alpha value is -1.50. The highest BCUT2D eigenvalue weighted by atomic mass is 79.9. The quantitative estimate of drug-likeness (QED) is 0.595. The fraction of sp³-hybridized carbons (Fsp3) is 0.154. The van der Waals surface area contributed by atoms with Crippen LogP contribution in [0.3, 0.4) is 0 Å². The molecule has 1 atom stereocenters. The molecule has 1 unspecified atom stereocenters. The van der Waals surface area contributed by atoms with Crippen molar-refractivity contribution in [3.63, 3.8) is 0 Å². The number of aromatic nitrogens is 1. The van der Waals surface area contributed by atoms with Gasteiger partial charge < -0.3 is 5.73 Å². The Kier molecular flexibility index (Phi) is 4.47. The fourth-order valence-electron chi connectivity index (χ4n) is 1.91. The highest BCUT2D eigenvalue weighted by Crippen LogP contribution is 2.23. The molecule has 0 aliphatic carbocycles. The number of benzene rings is 1. The van der Waals surface area contributed by atoms with Gasteiger partial charge in [0, 0.05) is 10.7 Å². The Morgan fingerprint density at radius 1 is 1.32 bits per heavy atom. The third-order valence-corrected chi connectivity index (χ3v) is 3.23. The summed E-state index contributed by atoms with van der Waals surface area (Å²) in [7, 11) is 0. The number of halogens is 2. The van der Waals surface area contributed by atoms with E-state index in [1.54, 1.807) is 12.3 Å². The van der Waals surface area contributed by atoms with Crippen LogP contribution in [0.5, 0.6) is 0 Å². The van der Waals surface area contributed by atoms with Gasteiger partial charge in [-0.1, -0.05) is 15.9 Å². The number of pyridine rings is 1. The number of hydrogen-bond acceptors (Lipinski definition) is 4. The first-order chi connectivity index (χ1) is 9.08. The maximum Gasteiger partial charge on any atom is 0.124 e. The molecule has 0 bridgehead atoms. The molecule has 6 heteroatoms. The molecule has 4 nitrogen and oxygen atoms in total. The first-order valence-corrected chi connectivity index (χ1v) is 6.50. The van der Waals surface area contributed by atoms with Crippen LogP contribution >= 0.6 is 15.9 Å². The van der Waals surface area contributed by atoms with Crippen LogP contribution < -0.4 is 17.0 Å². The third-order valence-electron chi connectivity index (χ3n) is 2.77. The van der Waals surface area contributed by atoms with E-state index < -0.39 is 0 Å². The van der Waals surface area contributed by atoms with Crippen molar-refractivity contribution in [1.82, 2.24) is 10.4 Å². The van der Waals surface area contributed by atoms with Gasteiger partial charge >= 0.3 is 0 Å². The second kappa shape index (κ2) is 6.10. The molecule has 0 radical (unpaired) electrons. The van der Waals surface area contributed by atoms with Crippen LogP contribution in [0.4, 0.5) is 10.2 Å². The van der Waals surface area contributed by atoms with Gasteiger partial charge in [-0.25, -0.2) is 9.37 Å². The second-order valence-corrected chi connectivity index (χ2v) is 5.13. The molecule has 0 saturated carbocycles. The molecule has 0 aliphatic heterocycles. The molecular formula is C13H14BrFN4. The maximum atomic E-state index is 13.4. The fourth-order valence-corrected chi connectivity index (χ4v) is 2.39. The van der Waals surface area contributed by atoms with E-state index in [-0.39, 0.29) is 11.9 Å². The molecule has 100 valence electrons. The molecule has 5 N–H and O–H groups in total. The third kappa shape index (κ3) is 3.73. The Morgan fingerprint density at radius 2 is 2.11 bits per heavy atom. The molecule has 19 heavy (non-hydrogen) atoms. The molecule has 1 heterocycles. The van der Waals surface area contributed by atoms with Gasteiger partial charge in [-0.2, -0.15) is 0 Å². The number of hydrogen-bond donors (Lipinski definition) is 3. The first-order valence-electron chi connectivity index (χ1n) is 5.71. The van der Waals surface area contributed by atoms with Gasteiger partial charge in [0.15, 0.2) is 0 Å². The predicted molar refractivity (Wildman–Crippen MR) is 76.5 cm³/mol. The highest BCUT2D eigenvalue weighted by Gasteiger charge is 2.12. The normalized spacial score (nSPS) is 12.4. The topological polar surface area (TPSA) is 77.0 Å².